The molecule has 0 aromatic rings. The van der Waals surface area contributed by atoms with Gasteiger partial charge in [0.2, 0.25) is 5.79 Å². The maximum Gasteiger partial charge on any atom is 0.337 e. The molecule has 0 aromatic heterocycles. The molecule has 0 spiro atoms. The van der Waals surface area contributed by atoms with Gasteiger partial charge in [-0.15, -0.1) is 0 Å². The van der Waals surface area contributed by atoms with Crippen molar-refractivity contribution in [3.8, 4) is 0 Å². The van der Waals surface area contributed by atoms with Crippen LogP contribution in [0.4, 0.5) is 0 Å². The zero-order valence-electron chi connectivity index (χ0n) is 12.6. The summed E-state index contributed by atoms with van der Waals surface area (Å²) in [5.41, 5.74) is 0. The summed E-state index contributed by atoms with van der Waals surface area (Å²) in [6, 6.07) is 0. The van der Waals surface area contributed by atoms with E-state index in [9.17, 15) is 9.59 Å². The van der Waals surface area contributed by atoms with Gasteiger partial charge in [-0.25, -0.2) is 4.79 Å². The van der Waals surface area contributed by atoms with Crippen LogP contribution in [0.5, 0.6) is 0 Å². The van der Waals surface area contributed by atoms with Crippen LogP contribution in [-0.2, 0) is 19.1 Å². The molecule has 1 heterocycles. The third-order valence-electron chi connectivity index (χ3n) is 2.88. The summed E-state index contributed by atoms with van der Waals surface area (Å²) in [6.07, 6.45) is 10.5. The third-order valence-corrected chi connectivity index (χ3v) is 2.88. The van der Waals surface area contributed by atoms with Crippen LogP contribution in [0, 0.1) is 0 Å². The van der Waals surface area contributed by atoms with Crippen LogP contribution in [0.2, 0.25) is 0 Å². The molecule has 0 aromatic carbocycles. The van der Waals surface area contributed by atoms with Crippen molar-refractivity contribution < 1.29 is 19.1 Å². The van der Waals surface area contributed by atoms with Gasteiger partial charge in [0.25, 0.3) is 0 Å². The number of allylic oxidation sites excluding steroid dienone is 3. The Morgan fingerprint density at radius 1 is 1.25 bits per heavy atom. The lowest BCUT2D eigenvalue weighted by Crippen LogP contribution is -2.34. The summed E-state index contributed by atoms with van der Waals surface area (Å²) in [5, 5.41) is 0. The van der Waals surface area contributed by atoms with E-state index < -0.39 is 11.8 Å². The molecule has 0 unspecified atom stereocenters. The lowest BCUT2D eigenvalue weighted by Gasteiger charge is -2.30. The van der Waals surface area contributed by atoms with Crippen molar-refractivity contribution in [1.29, 1.82) is 0 Å². The molecule has 1 rings (SSSR count). The van der Waals surface area contributed by atoms with E-state index in [-0.39, 0.29) is 12.2 Å². The molecule has 1 aliphatic rings. The second-order valence-corrected chi connectivity index (χ2v) is 5.43. The monoisotopic (exact) mass is 280 g/mol. The maximum absolute atomic E-state index is 11.8. The highest BCUT2D eigenvalue weighted by Crippen LogP contribution is 2.23. The van der Waals surface area contributed by atoms with E-state index >= 15 is 0 Å². The van der Waals surface area contributed by atoms with Crippen molar-refractivity contribution in [1.82, 2.24) is 0 Å². The Morgan fingerprint density at radius 2 is 2.00 bits per heavy atom. The zero-order valence-corrected chi connectivity index (χ0v) is 12.6. The summed E-state index contributed by atoms with van der Waals surface area (Å²) in [4.78, 5) is 23.1. The van der Waals surface area contributed by atoms with Gasteiger partial charge in [-0.2, -0.15) is 0 Å². The number of cyclic esters (lactones) is 1. The number of ketones is 1. The molecule has 0 bridgehead atoms. The van der Waals surface area contributed by atoms with Crippen LogP contribution in [-0.4, -0.2) is 17.5 Å². The van der Waals surface area contributed by atoms with Gasteiger partial charge >= 0.3 is 5.97 Å². The van der Waals surface area contributed by atoms with Crippen LogP contribution in [0.1, 0.15) is 59.3 Å². The zero-order chi connectivity index (χ0) is 15.0. The largest absolute Gasteiger partial charge is 0.456 e. The van der Waals surface area contributed by atoms with Gasteiger partial charge in [-0.05, 0) is 18.9 Å². The number of hydrogen-bond acceptors (Lipinski definition) is 4. The number of carbonyl (C=O) groups is 2. The first kappa shape index (κ1) is 16.5. The van der Waals surface area contributed by atoms with E-state index in [0.717, 1.165) is 12.8 Å². The summed E-state index contributed by atoms with van der Waals surface area (Å²) in [7, 11) is 0. The highest BCUT2D eigenvalue weighted by Gasteiger charge is 2.30. The molecule has 0 amide bonds. The standard InChI is InChI=1S/C16H24O4/c1-4-5-6-7-8-9-10-13(17)11-14-12-15(18)20-16(2,3)19-14/h9-10,12H,4-8,11H2,1-3H3/b10-9+. The summed E-state index contributed by atoms with van der Waals surface area (Å²) >= 11 is 0. The Balaban J connectivity index is 2.35. The molecule has 0 saturated heterocycles. The summed E-state index contributed by atoms with van der Waals surface area (Å²) in [5.74, 6) is -1.15. The molecule has 112 valence electrons. The number of hydrogen-bond donors (Lipinski definition) is 0. The fraction of sp³-hybridized carbons (Fsp3) is 0.625. The average Bonchev–Trinajstić information content (AvgIpc) is 2.30. The van der Waals surface area contributed by atoms with Crippen LogP contribution in [0.3, 0.4) is 0 Å². The number of esters is 1. The number of carbonyl (C=O) groups excluding carboxylic acids is 2. The fourth-order valence-electron chi connectivity index (χ4n) is 1.99. The minimum absolute atomic E-state index is 0.0581. The molecule has 0 radical (unpaired) electrons. The molecule has 20 heavy (non-hydrogen) atoms. The Hall–Kier alpha value is -1.58. The van der Waals surface area contributed by atoms with Crippen LogP contribution in [0.25, 0.3) is 0 Å². The second kappa shape index (κ2) is 7.88. The van der Waals surface area contributed by atoms with Crippen molar-refractivity contribution in [3.05, 3.63) is 24.0 Å². The molecule has 4 nitrogen and oxygen atoms in total. The van der Waals surface area contributed by atoms with Gasteiger partial charge in [-0.1, -0.05) is 32.3 Å². The molecule has 1 aliphatic heterocycles. The number of unbranched alkanes of at least 4 members (excludes halogenated alkanes) is 4. The van der Waals surface area contributed by atoms with Crippen molar-refractivity contribution in [2.75, 3.05) is 0 Å². The first-order chi connectivity index (χ1) is 9.43. The van der Waals surface area contributed by atoms with Gasteiger partial charge in [0.05, 0.1) is 12.5 Å². The highest BCUT2D eigenvalue weighted by molar-refractivity contribution is 5.92. The summed E-state index contributed by atoms with van der Waals surface area (Å²) in [6.45, 7) is 5.46. The van der Waals surface area contributed by atoms with Gasteiger partial charge < -0.3 is 9.47 Å². The third kappa shape index (κ3) is 6.55. The Kier molecular flexibility index (Phi) is 6.49. The van der Waals surface area contributed by atoms with E-state index in [1.165, 1.54) is 25.3 Å². The second-order valence-electron chi connectivity index (χ2n) is 5.43. The van der Waals surface area contributed by atoms with E-state index in [4.69, 9.17) is 9.47 Å². The Morgan fingerprint density at radius 3 is 2.65 bits per heavy atom. The number of rotatable bonds is 8. The molecule has 0 saturated carbocycles. The average molecular weight is 280 g/mol. The normalized spacial score (nSPS) is 17.6. The predicted octanol–water partition coefficient (Wildman–Crippen LogP) is 3.67. The van der Waals surface area contributed by atoms with Crippen LogP contribution in [0.15, 0.2) is 24.0 Å². The smallest absolute Gasteiger partial charge is 0.337 e. The molecule has 0 fully saturated rings. The van der Waals surface area contributed by atoms with E-state index in [2.05, 4.69) is 6.92 Å². The highest BCUT2D eigenvalue weighted by atomic mass is 16.7. The minimum Gasteiger partial charge on any atom is -0.456 e. The topological polar surface area (TPSA) is 52.6 Å². The number of ether oxygens (including phenoxy) is 2. The predicted molar refractivity (Wildman–Crippen MR) is 76.9 cm³/mol. The van der Waals surface area contributed by atoms with Gasteiger partial charge in [0, 0.05) is 13.8 Å². The Labute approximate surface area is 120 Å². The SMILES string of the molecule is CCCCCC/C=C/C(=O)CC1=CC(=O)OC(C)(C)O1. The lowest BCUT2D eigenvalue weighted by atomic mass is 10.1. The summed E-state index contributed by atoms with van der Waals surface area (Å²) < 4.78 is 10.4. The molecule has 0 N–H and O–H groups in total. The first-order valence-corrected chi connectivity index (χ1v) is 7.25. The van der Waals surface area contributed by atoms with Crippen LogP contribution >= 0.6 is 0 Å². The lowest BCUT2D eigenvalue weighted by molar-refractivity contribution is -0.205. The molecular formula is C16H24O4. The Bertz CT molecular complexity index is 405. The minimum atomic E-state index is -0.995. The first-order valence-electron chi connectivity index (χ1n) is 7.25. The quantitative estimate of drug-likeness (QED) is 0.387. The fourth-order valence-corrected chi connectivity index (χ4v) is 1.99. The van der Waals surface area contributed by atoms with Crippen molar-refractivity contribution in [3.63, 3.8) is 0 Å². The molecular weight excluding hydrogens is 256 g/mol. The van der Waals surface area contributed by atoms with E-state index in [1.807, 2.05) is 6.08 Å². The molecule has 4 heteroatoms. The van der Waals surface area contributed by atoms with Crippen molar-refractivity contribution in [2.45, 2.75) is 65.1 Å². The molecule has 0 atom stereocenters. The maximum atomic E-state index is 11.8. The van der Waals surface area contributed by atoms with Crippen molar-refractivity contribution >= 4 is 11.8 Å². The van der Waals surface area contributed by atoms with Crippen LogP contribution < -0.4 is 0 Å². The van der Waals surface area contributed by atoms with Crippen molar-refractivity contribution in [2.24, 2.45) is 0 Å². The van der Waals surface area contributed by atoms with E-state index in [0.29, 0.717) is 5.76 Å². The van der Waals surface area contributed by atoms with E-state index in [1.54, 1.807) is 19.9 Å². The molecule has 0 aliphatic carbocycles. The van der Waals surface area contributed by atoms with Gasteiger partial charge in [0.1, 0.15) is 5.76 Å². The van der Waals surface area contributed by atoms with Gasteiger partial charge in [-0.3, -0.25) is 4.79 Å². The van der Waals surface area contributed by atoms with Gasteiger partial charge in [0.15, 0.2) is 5.78 Å².